The van der Waals surface area contributed by atoms with Crippen molar-refractivity contribution in [1.29, 1.82) is 0 Å². The first-order chi connectivity index (χ1) is 12.3. The summed E-state index contributed by atoms with van der Waals surface area (Å²) in [5, 5.41) is 2.65. The minimum atomic E-state index is -0.527. The maximum Gasteiger partial charge on any atom is 0.411 e. The summed E-state index contributed by atoms with van der Waals surface area (Å²) in [6.45, 7) is 0.663. The first kappa shape index (κ1) is 16.6. The van der Waals surface area contributed by atoms with E-state index in [2.05, 4.69) is 11.4 Å². The molecule has 0 aliphatic carbocycles. The van der Waals surface area contributed by atoms with Gasteiger partial charge in [0.25, 0.3) is 0 Å². The lowest BCUT2D eigenvalue weighted by Gasteiger charge is -2.09. The molecule has 25 heavy (non-hydrogen) atoms. The molecule has 3 aromatic rings. The normalized spacial score (nSPS) is 10.1. The second-order valence-corrected chi connectivity index (χ2v) is 5.39. The predicted octanol–water partition coefficient (Wildman–Crippen LogP) is 4.81. The van der Waals surface area contributed by atoms with Gasteiger partial charge in [0, 0.05) is 0 Å². The highest BCUT2D eigenvalue weighted by atomic mass is 16.5. The Morgan fingerprint density at radius 3 is 2.12 bits per heavy atom. The van der Waals surface area contributed by atoms with Gasteiger partial charge in [0.1, 0.15) is 19.0 Å². The molecule has 0 unspecified atom stereocenters. The zero-order valence-corrected chi connectivity index (χ0v) is 13.6. The molecule has 0 atom stereocenters. The third kappa shape index (κ3) is 5.39. The molecular formula is C21H18NO3. The monoisotopic (exact) mass is 332 g/mol. The highest BCUT2D eigenvalue weighted by Gasteiger charge is 2.05. The Morgan fingerprint density at radius 2 is 1.44 bits per heavy atom. The molecule has 0 saturated carbocycles. The van der Waals surface area contributed by atoms with E-state index in [4.69, 9.17) is 9.47 Å². The Hall–Kier alpha value is -3.27. The molecule has 1 N–H and O–H groups in total. The molecule has 1 amide bonds. The average Bonchev–Trinajstić information content (AvgIpc) is 2.67. The maximum atomic E-state index is 11.9. The van der Waals surface area contributed by atoms with Crippen molar-refractivity contribution in [1.82, 2.24) is 0 Å². The third-order valence-electron chi connectivity index (χ3n) is 3.46. The van der Waals surface area contributed by atoms with Gasteiger partial charge >= 0.3 is 6.09 Å². The van der Waals surface area contributed by atoms with E-state index >= 15 is 0 Å². The highest BCUT2D eigenvalue weighted by molar-refractivity contribution is 5.84. The van der Waals surface area contributed by atoms with Crippen LogP contribution in [0.2, 0.25) is 0 Å². The lowest BCUT2D eigenvalue weighted by molar-refractivity contribution is 0.155. The zero-order valence-electron chi connectivity index (χ0n) is 13.6. The van der Waals surface area contributed by atoms with Crippen LogP contribution in [0.5, 0.6) is 5.75 Å². The smallest absolute Gasteiger partial charge is 0.411 e. The number of benzene rings is 3. The molecule has 0 fully saturated rings. The van der Waals surface area contributed by atoms with Crippen molar-refractivity contribution in [2.75, 3.05) is 5.32 Å². The number of carbonyl (C=O) groups is 1. The van der Waals surface area contributed by atoms with E-state index in [1.807, 2.05) is 60.7 Å². The van der Waals surface area contributed by atoms with Crippen LogP contribution in [0.15, 0.2) is 78.9 Å². The van der Waals surface area contributed by atoms with Crippen molar-refractivity contribution in [2.24, 2.45) is 0 Å². The van der Waals surface area contributed by atoms with Crippen molar-refractivity contribution in [3.8, 4) is 5.75 Å². The quantitative estimate of drug-likeness (QED) is 0.704. The van der Waals surface area contributed by atoms with Gasteiger partial charge < -0.3 is 9.47 Å². The Balaban J connectivity index is 1.51. The number of anilines is 1. The second kappa shape index (κ2) is 8.55. The lowest BCUT2D eigenvalue weighted by atomic mass is 10.2. The number of hydrogen-bond donors (Lipinski definition) is 1. The van der Waals surface area contributed by atoms with Crippen molar-refractivity contribution < 1.29 is 14.3 Å². The second-order valence-electron chi connectivity index (χ2n) is 5.39. The fourth-order valence-corrected chi connectivity index (χ4v) is 2.21. The summed E-state index contributed by atoms with van der Waals surface area (Å²) >= 11 is 0. The standard InChI is InChI=1S/C21H18NO3/c23-21(25-16-18-10-5-2-6-11-18)22-19-12-7-13-20(14-19)24-15-17-8-3-1-4-9-17/h1-13H,15-16H2,(H,22,23). The Labute approximate surface area is 147 Å². The number of hydrogen-bond acceptors (Lipinski definition) is 3. The van der Waals surface area contributed by atoms with Crippen LogP contribution < -0.4 is 10.1 Å². The summed E-state index contributed by atoms with van der Waals surface area (Å²) in [6, 6.07) is 27.7. The van der Waals surface area contributed by atoms with Gasteiger partial charge in [-0.25, -0.2) is 4.79 Å². The van der Waals surface area contributed by atoms with Crippen LogP contribution in [0.25, 0.3) is 0 Å². The van der Waals surface area contributed by atoms with E-state index < -0.39 is 6.09 Å². The van der Waals surface area contributed by atoms with Crippen molar-refractivity contribution in [3.63, 3.8) is 0 Å². The molecule has 3 aromatic carbocycles. The Kier molecular flexibility index (Phi) is 5.67. The SMILES string of the molecule is O=C(Nc1[c]c(OCc2ccccc2)ccc1)OCc1ccccc1. The van der Waals surface area contributed by atoms with Crippen LogP contribution in [0.3, 0.4) is 0 Å². The minimum absolute atomic E-state index is 0.219. The van der Waals surface area contributed by atoms with E-state index in [9.17, 15) is 4.79 Å². The van der Waals surface area contributed by atoms with Gasteiger partial charge in [-0.15, -0.1) is 0 Å². The number of ether oxygens (including phenoxy) is 2. The van der Waals surface area contributed by atoms with Crippen LogP contribution in [0.4, 0.5) is 10.5 Å². The largest absolute Gasteiger partial charge is 0.488 e. The molecule has 0 saturated heterocycles. The van der Waals surface area contributed by atoms with E-state index in [0.29, 0.717) is 18.0 Å². The fourth-order valence-electron chi connectivity index (χ4n) is 2.21. The summed E-state index contributed by atoms with van der Waals surface area (Å²) in [4.78, 5) is 11.9. The molecule has 0 aliphatic rings. The van der Waals surface area contributed by atoms with Crippen LogP contribution in [-0.2, 0) is 18.0 Å². The van der Waals surface area contributed by atoms with Crippen molar-refractivity contribution >= 4 is 11.8 Å². The van der Waals surface area contributed by atoms with Crippen LogP contribution in [-0.4, -0.2) is 6.09 Å². The first-order valence-corrected chi connectivity index (χ1v) is 7.96. The van der Waals surface area contributed by atoms with Gasteiger partial charge in [0.2, 0.25) is 0 Å². The van der Waals surface area contributed by atoms with E-state index in [1.54, 1.807) is 18.2 Å². The van der Waals surface area contributed by atoms with Gasteiger partial charge in [-0.05, 0) is 23.3 Å². The molecule has 3 rings (SSSR count). The zero-order chi connectivity index (χ0) is 17.3. The van der Waals surface area contributed by atoms with Gasteiger partial charge in [-0.3, -0.25) is 5.32 Å². The molecule has 0 heterocycles. The van der Waals surface area contributed by atoms with E-state index in [1.165, 1.54) is 0 Å². The molecule has 0 spiro atoms. The summed E-state index contributed by atoms with van der Waals surface area (Å²) in [5.74, 6) is 0.560. The highest BCUT2D eigenvalue weighted by Crippen LogP contribution is 2.18. The molecule has 0 aliphatic heterocycles. The van der Waals surface area contributed by atoms with Gasteiger partial charge in [0.05, 0.1) is 11.8 Å². The average molecular weight is 332 g/mol. The number of nitrogens with one attached hydrogen (secondary N) is 1. The molecule has 4 nitrogen and oxygen atoms in total. The first-order valence-electron chi connectivity index (χ1n) is 7.96. The number of carbonyl (C=O) groups excluding carboxylic acids is 1. The summed E-state index contributed by atoms with van der Waals surface area (Å²) < 4.78 is 10.9. The fraction of sp³-hybridized carbons (Fsp3) is 0.0952. The number of rotatable bonds is 6. The summed E-state index contributed by atoms with van der Waals surface area (Å²) in [6.07, 6.45) is -0.527. The van der Waals surface area contributed by atoms with E-state index in [0.717, 1.165) is 11.1 Å². The Bertz CT molecular complexity index is 804. The topological polar surface area (TPSA) is 47.6 Å². The van der Waals surface area contributed by atoms with Crippen LogP contribution >= 0.6 is 0 Å². The third-order valence-corrected chi connectivity index (χ3v) is 3.46. The van der Waals surface area contributed by atoms with Crippen LogP contribution in [0, 0.1) is 6.07 Å². The minimum Gasteiger partial charge on any atom is -0.488 e. The van der Waals surface area contributed by atoms with Gasteiger partial charge in [0.15, 0.2) is 0 Å². The molecule has 4 heteroatoms. The van der Waals surface area contributed by atoms with Gasteiger partial charge in [-0.2, -0.15) is 0 Å². The molecule has 1 radical (unpaired) electrons. The Morgan fingerprint density at radius 1 is 0.800 bits per heavy atom. The molecule has 0 aromatic heterocycles. The number of amides is 1. The van der Waals surface area contributed by atoms with Gasteiger partial charge in [-0.1, -0.05) is 66.7 Å². The molecule has 0 bridgehead atoms. The maximum absolute atomic E-state index is 11.9. The molecule has 125 valence electrons. The lowest BCUT2D eigenvalue weighted by Crippen LogP contribution is -2.13. The summed E-state index contributed by atoms with van der Waals surface area (Å²) in [7, 11) is 0. The molecular weight excluding hydrogens is 314 g/mol. The predicted molar refractivity (Wildman–Crippen MR) is 96.3 cm³/mol. The summed E-state index contributed by atoms with van der Waals surface area (Å²) in [5.41, 5.74) is 2.50. The van der Waals surface area contributed by atoms with Crippen molar-refractivity contribution in [2.45, 2.75) is 13.2 Å². The van der Waals surface area contributed by atoms with Crippen LogP contribution in [0.1, 0.15) is 11.1 Å². The van der Waals surface area contributed by atoms with E-state index in [-0.39, 0.29) is 6.61 Å². The van der Waals surface area contributed by atoms with Crippen molar-refractivity contribution in [3.05, 3.63) is 96.1 Å².